The lowest BCUT2D eigenvalue weighted by molar-refractivity contribution is 0.0953. The van der Waals surface area contributed by atoms with Crippen LogP contribution in [-0.4, -0.2) is 75.7 Å². The molecule has 7 nitrogen and oxygen atoms in total. The molecule has 1 heterocycles. The van der Waals surface area contributed by atoms with Crippen molar-refractivity contribution < 1.29 is 17.9 Å². The van der Waals surface area contributed by atoms with Crippen LogP contribution in [0.1, 0.15) is 15.9 Å². The van der Waals surface area contributed by atoms with Gasteiger partial charge in [-0.25, -0.2) is 8.42 Å². The second-order valence-electron chi connectivity index (χ2n) is 7.39. The highest BCUT2D eigenvalue weighted by Gasteiger charge is 2.26. The molecule has 2 aromatic carbocycles. The average Bonchev–Trinajstić information content (AvgIpc) is 2.78. The Kier molecular flexibility index (Phi) is 8.31. The molecule has 1 aliphatic heterocycles. The van der Waals surface area contributed by atoms with Crippen LogP contribution in [0.5, 0.6) is 5.75 Å². The number of amides is 1. The molecule has 1 fully saturated rings. The van der Waals surface area contributed by atoms with E-state index in [0.717, 1.165) is 13.0 Å². The number of sulfonamides is 1. The average molecular weight is 466 g/mol. The van der Waals surface area contributed by atoms with Gasteiger partial charge in [-0.2, -0.15) is 4.31 Å². The minimum absolute atomic E-state index is 0.0189. The molecule has 9 heteroatoms. The molecule has 1 amide bonds. The lowest BCUT2D eigenvalue weighted by Crippen LogP contribution is -2.50. The van der Waals surface area contributed by atoms with Crippen molar-refractivity contribution in [2.45, 2.75) is 6.42 Å². The molecule has 0 bridgehead atoms. The van der Waals surface area contributed by atoms with Crippen LogP contribution < -0.4 is 10.1 Å². The predicted octanol–water partition coefficient (Wildman–Crippen LogP) is 2.27. The maximum atomic E-state index is 12.7. The van der Waals surface area contributed by atoms with Gasteiger partial charge >= 0.3 is 0 Å². The number of methoxy groups -OCH3 is 1. The number of halogens is 1. The Bertz CT molecular complexity index is 978. The van der Waals surface area contributed by atoms with E-state index in [9.17, 15) is 13.2 Å². The van der Waals surface area contributed by atoms with E-state index in [4.69, 9.17) is 16.3 Å². The molecule has 3 rings (SSSR count). The van der Waals surface area contributed by atoms with E-state index >= 15 is 0 Å². The Balaban J connectivity index is 1.44. The number of nitrogens with one attached hydrogen (secondary N) is 1. The van der Waals surface area contributed by atoms with Crippen LogP contribution in [0.2, 0.25) is 5.02 Å². The first-order valence-electron chi connectivity index (χ1n) is 10.2. The van der Waals surface area contributed by atoms with Crippen LogP contribution in [0.4, 0.5) is 0 Å². The highest BCUT2D eigenvalue weighted by atomic mass is 35.5. The molecular weight excluding hydrogens is 438 g/mol. The van der Waals surface area contributed by atoms with Gasteiger partial charge < -0.3 is 15.0 Å². The quantitative estimate of drug-likeness (QED) is 0.614. The highest BCUT2D eigenvalue weighted by Crippen LogP contribution is 2.22. The molecule has 2 aromatic rings. The summed E-state index contributed by atoms with van der Waals surface area (Å²) >= 11 is 5.95. The highest BCUT2D eigenvalue weighted by molar-refractivity contribution is 7.89. The molecule has 31 heavy (non-hydrogen) atoms. The number of ether oxygens (including phenoxy) is 1. The summed E-state index contributed by atoms with van der Waals surface area (Å²) in [5, 5.41) is 3.06. The summed E-state index contributed by atoms with van der Waals surface area (Å²) in [4.78, 5) is 14.7. The molecule has 168 valence electrons. The number of piperazine rings is 1. The number of hydrogen-bond donors (Lipinski definition) is 1. The number of rotatable bonds is 9. The number of hydrogen-bond acceptors (Lipinski definition) is 5. The standard InChI is InChI=1S/C22H28ClN3O4S/c1-30-21-8-7-19(23)17-20(21)22(27)24-10-16-31(28,29)26-14-12-25(13-15-26)11-9-18-5-3-2-4-6-18/h2-8,17H,9-16H2,1H3,(H,24,27). The summed E-state index contributed by atoms with van der Waals surface area (Å²) in [5.74, 6) is -0.178. The Labute approximate surface area is 189 Å². The Hall–Kier alpha value is -2.13. The van der Waals surface area contributed by atoms with Crippen LogP contribution in [0.15, 0.2) is 48.5 Å². The van der Waals surface area contributed by atoms with Gasteiger partial charge in [0.15, 0.2) is 0 Å². The van der Waals surface area contributed by atoms with E-state index < -0.39 is 15.9 Å². The fourth-order valence-electron chi connectivity index (χ4n) is 3.54. The van der Waals surface area contributed by atoms with E-state index in [-0.39, 0.29) is 17.9 Å². The molecular formula is C22H28ClN3O4S. The molecule has 0 atom stereocenters. The molecule has 0 aromatic heterocycles. The molecule has 0 unspecified atom stereocenters. The molecule has 0 radical (unpaired) electrons. The van der Waals surface area contributed by atoms with Crippen molar-refractivity contribution in [2.24, 2.45) is 0 Å². The predicted molar refractivity (Wildman–Crippen MR) is 122 cm³/mol. The molecule has 0 aliphatic carbocycles. The third kappa shape index (κ3) is 6.67. The van der Waals surface area contributed by atoms with Gasteiger partial charge in [-0.3, -0.25) is 4.79 Å². The monoisotopic (exact) mass is 465 g/mol. The number of carbonyl (C=O) groups excluding carboxylic acids is 1. The minimum atomic E-state index is -3.44. The molecule has 1 aliphatic rings. The van der Waals surface area contributed by atoms with E-state index in [1.54, 1.807) is 12.1 Å². The van der Waals surface area contributed by atoms with E-state index in [1.807, 2.05) is 18.2 Å². The SMILES string of the molecule is COc1ccc(Cl)cc1C(=O)NCCS(=O)(=O)N1CCN(CCc2ccccc2)CC1. The second-order valence-corrected chi connectivity index (χ2v) is 9.92. The minimum Gasteiger partial charge on any atom is -0.496 e. The van der Waals surface area contributed by atoms with Gasteiger partial charge in [0.25, 0.3) is 5.91 Å². The number of carbonyl (C=O) groups is 1. The summed E-state index contributed by atoms with van der Waals surface area (Å²) in [7, 11) is -1.98. The van der Waals surface area contributed by atoms with E-state index in [1.165, 1.54) is 23.0 Å². The molecule has 0 spiro atoms. The van der Waals surface area contributed by atoms with Gasteiger partial charge in [-0.05, 0) is 30.2 Å². The lowest BCUT2D eigenvalue weighted by atomic mass is 10.1. The normalized spacial score (nSPS) is 15.5. The van der Waals surface area contributed by atoms with Crippen molar-refractivity contribution in [1.29, 1.82) is 0 Å². The van der Waals surface area contributed by atoms with Gasteiger partial charge in [0.05, 0.1) is 18.4 Å². The fraction of sp³-hybridized carbons (Fsp3) is 0.409. The van der Waals surface area contributed by atoms with E-state index in [2.05, 4.69) is 22.3 Å². The Morgan fingerprint density at radius 3 is 2.48 bits per heavy atom. The zero-order valence-corrected chi connectivity index (χ0v) is 19.2. The van der Waals surface area contributed by atoms with Gasteiger partial charge in [0.2, 0.25) is 10.0 Å². The first kappa shape index (κ1) is 23.5. The summed E-state index contributed by atoms with van der Waals surface area (Å²) in [5.41, 5.74) is 1.56. The third-order valence-corrected chi connectivity index (χ3v) is 7.44. The zero-order valence-electron chi connectivity index (χ0n) is 17.6. The van der Waals surface area contributed by atoms with Crippen molar-refractivity contribution in [3.63, 3.8) is 0 Å². The largest absolute Gasteiger partial charge is 0.496 e. The maximum absolute atomic E-state index is 12.7. The first-order valence-corrected chi connectivity index (χ1v) is 12.2. The van der Waals surface area contributed by atoms with Crippen LogP contribution in [-0.2, 0) is 16.4 Å². The van der Waals surface area contributed by atoms with E-state index in [0.29, 0.717) is 37.0 Å². The van der Waals surface area contributed by atoms with Crippen LogP contribution in [0, 0.1) is 0 Å². The lowest BCUT2D eigenvalue weighted by Gasteiger charge is -2.34. The summed E-state index contributed by atoms with van der Waals surface area (Å²) in [6.07, 6.45) is 0.951. The number of nitrogens with zero attached hydrogens (tertiary/aromatic N) is 2. The van der Waals surface area contributed by atoms with Gasteiger partial charge in [0, 0.05) is 44.3 Å². The number of benzene rings is 2. The van der Waals surface area contributed by atoms with Crippen molar-refractivity contribution in [3.8, 4) is 5.75 Å². The van der Waals surface area contributed by atoms with Gasteiger partial charge in [-0.1, -0.05) is 41.9 Å². The van der Waals surface area contributed by atoms with Crippen molar-refractivity contribution in [2.75, 3.05) is 52.1 Å². The summed E-state index contributed by atoms with van der Waals surface area (Å²) in [6.45, 7) is 3.27. The summed E-state index contributed by atoms with van der Waals surface area (Å²) < 4.78 is 32.0. The van der Waals surface area contributed by atoms with Crippen molar-refractivity contribution in [1.82, 2.24) is 14.5 Å². The third-order valence-electron chi connectivity index (χ3n) is 5.34. The van der Waals surface area contributed by atoms with Crippen LogP contribution >= 0.6 is 11.6 Å². The Morgan fingerprint density at radius 2 is 1.81 bits per heavy atom. The molecule has 1 saturated heterocycles. The van der Waals surface area contributed by atoms with Crippen LogP contribution in [0.3, 0.4) is 0 Å². The fourth-order valence-corrected chi connectivity index (χ4v) is 5.05. The van der Waals surface area contributed by atoms with Gasteiger partial charge in [-0.15, -0.1) is 0 Å². The van der Waals surface area contributed by atoms with Crippen molar-refractivity contribution in [3.05, 3.63) is 64.7 Å². The van der Waals surface area contributed by atoms with Gasteiger partial charge in [0.1, 0.15) is 5.75 Å². The smallest absolute Gasteiger partial charge is 0.255 e. The maximum Gasteiger partial charge on any atom is 0.255 e. The van der Waals surface area contributed by atoms with Crippen LogP contribution in [0.25, 0.3) is 0 Å². The first-order chi connectivity index (χ1) is 14.9. The second kappa shape index (κ2) is 10.9. The zero-order chi connectivity index (χ0) is 22.3. The summed E-state index contributed by atoms with van der Waals surface area (Å²) in [6, 6.07) is 15.0. The Morgan fingerprint density at radius 1 is 1.10 bits per heavy atom. The molecule has 0 saturated carbocycles. The topological polar surface area (TPSA) is 78.9 Å². The molecule has 1 N–H and O–H groups in total. The van der Waals surface area contributed by atoms with Crippen molar-refractivity contribution >= 4 is 27.5 Å².